The summed E-state index contributed by atoms with van der Waals surface area (Å²) in [6.07, 6.45) is -8.44. The molecule has 0 rings (SSSR count). The van der Waals surface area contributed by atoms with Crippen molar-refractivity contribution in [2.75, 3.05) is 0 Å². The molecule has 0 saturated heterocycles. The average Bonchev–Trinajstić information content (AvgIpc) is 2.89. The highest BCUT2D eigenvalue weighted by Gasteiger charge is 3.03. The monoisotopic (exact) mass is 925 g/mol. The second-order valence-corrected chi connectivity index (χ2v) is 9.53. The van der Waals surface area contributed by atoms with Crippen molar-refractivity contribution >= 4 is 0 Å². The van der Waals surface area contributed by atoms with Gasteiger partial charge >= 0.3 is 100 Å². The highest BCUT2D eigenvalue weighted by molar-refractivity contribution is 5.21. The van der Waals surface area contributed by atoms with Gasteiger partial charge in [-0.25, -0.2) is 0 Å². The number of hydrogen-bond acceptors (Lipinski definition) is 0. The van der Waals surface area contributed by atoms with Crippen LogP contribution in [0.2, 0.25) is 0 Å². The number of nitrogens with zero attached hydrogens (tertiary/aromatic N) is 1. The molecule has 0 N–H and O–H groups in total. The van der Waals surface area contributed by atoms with Gasteiger partial charge in [0.2, 0.25) is 0 Å². The van der Waals surface area contributed by atoms with Gasteiger partial charge in [-0.05, 0) is 0 Å². The summed E-state index contributed by atoms with van der Waals surface area (Å²) in [4.78, 5) is 0. The molecule has 54 heavy (non-hydrogen) atoms. The maximum atomic E-state index is 13.7. The summed E-state index contributed by atoms with van der Waals surface area (Å²) >= 11 is 0. The summed E-state index contributed by atoms with van der Waals surface area (Å²) in [6, 6.07) is -9.02. The topological polar surface area (TPSA) is 0 Å². The lowest BCUT2D eigenvalue weighted by atomic mass is 9.83. The molecule has 0 amide bonds. The molecule has 0 aromatic rings. The molecular weight excluding hydrogens is 926 g/mol. The summed E-state index contributed by atoms with van der Waals surface area (Å²) in [5, 5.41) is -7.68. The third kappa shape index (κ3) is 5.88. The lowest BCUT2D eigenvalue weighted by Crippen LogP contribution is -3.00. The first-order valence-electron chi connectivity index (χ1n) is 10.7. The molecule has 0 aromatic carbocycles. The van der Waals surface area contributed by atoms with Crippen LogP contribution < -0.4 is 12.4 Å². The first-order chi connectivity index (χ1) is 22.0. The third-order valence-corrected chi connectivity index (χ3v) is 6.18. The summed E-state index contributed by atoms with van der Waals surface area (Å²) < 4.78 is 474. The molecule has 1 nitrogen and oxygen atoms in total. The minimum absolute atomic E-state index is 0. The minimum Gasteiger partial charge on any atom is -1.00 e. The van der Waals surface area contributed by atoms with Crippen LogP contribution in [0, 0.1) is 0 Å². The van der Waals surface area contributed by atoms with Gasteiger partial charge in [-0.2, -0.15) is 136 Å². The molecule has 0 saturated carbocycles. The first kappa shape index (κ1) is 53.8. The van der Waals surface area contributed by atoms with Crippen LogP contribution in [-0.2, 0) is 0 Å². The van der Waals surface area contributed by atoms with Crippen LogP contribution in [0.15, 0.2) is 0 Å². The number of halogens is 37. The van der Waals surface area contributed by atoms with Crippen LogP contribution in [-0.4, -0.2) is 100 Å². The molecule has 0 heterocycles. The van der Waals surface area contributed by atoms with Gasteiger partial charge in [-0.1, -0.05) is 0 Å². The van der Waals surface area contributed by atoms with Crippen molar-refractivity contribution in [1.29, 1.82) is 0 Å². The fourth-order valence-corrected chi connectivity index (χ4v) is 2.89. The fourth-order valence-electron chi connectivity index (χ4n) is 2.89. The van der Waals surface area contributed by atoms with Crippen molar-refractivity contribution in [3.05, 3.63) is 0 Å². The Hall–Kier alpha value is -2.27. The molecule has 0 bridgehead atoms. The smallest absolute Gasteiger partial charge is 0.576 e. The zero-order valence-electron chi connectivity index (χ0n) is 22.4. The molecule has 0 radical (unpaired) electrons. The van der Waals surface area contributed by atoms with Crippen molar-refractivity contribution in [1.82, 2.24) is 0 Å². The predicted molar refractivity (Wildman–Crippen MR) is 83.8 cm³/mol. The minimum atomic E-state index is -10.4. The van der Waals surface area contributed by atoms with Crippen LogP contribution in [0.1, 0.15) is 0 Å². The van der Waals surface area contributed by atoms with E-state index in [1.54, 1.807) is 0 Å². The van der Waals surface area contributed by atoms with E-state index < -0.39 is 100 Å². The normalized spacial score (nSPS) is 17.1. The SMILES string of the molecule is FC(F)(F)C(F)(F)C(F)(F)C(F)(F)C(F)(F)C(F)(F)C(F)(F)C(F)(F)C(F)(F)C(F)(F)C(F)(F)C(F)(F)C(F)(F)C(F)(F)C(F)(F)C(F)(F)[N+](F)(F)F.[Cl-]. The Kier molecular flexibility index (Phi) is 12.6. The second-order valence-electron chi connectivity index (χ2n) is 9.53. The van der Waals surface area contributed by atoms with Gasteiger partial charge < -0.3 is 12.4 Å². The Morgan fingerprint density at radius 1 is 0.185 bits per heavy atom. The summed E-state index contributed by atoms with van der Waals surface area (Å²) in [5.74, 6) is -139. The van der Waals surface area contributed by atoms with Gasteiger partial charge in [-0.15, -0.1) is 8.78 Å². The van der Waals surface area contributed by atoms with E-state index >= 15 is 0 Å². The summed E-state index contributed by atoms with van der Waals surface area (Å²) in [5.41, 5.74) is 0. The molecular formula is C16ClF36N. The predicted octanol–water partition coefficient (Wildman–Crippen LogP) is 8.51. The Bertz CT molecular complexity index is 1240. The molecule has 0 aliphatic rings. The molecule has 0 aliphatic heterocycles. The largest absolute Gasteiger partial charge is 1.00 e. The standard InChI is InChI=1S/C16F36N.ClH/c17-1(18,3(21,22)5(25,26)7(29,30)9(33,34)11(37,38)13(41,42)15(45,46)47)2(19,20)4(23,24)6(27,28)8(31,32)10(35,36)12(39,40)14(43,44)16(48,49)53(50,51)52;/h;1H/q+1;/p-1. The van der Waals surface area contributed by atoms with Gasteiger partial charge in [0.05, 0.1) is 13.4 Å². The highest BCUT2D eigenvalue weighted by Crippen LogP contribution is 2.70. The molecule has 0 fully saturated rings. The number of alkyl halides is 33. The van der Waals surface area contributed by atoms with Crippen molar-refractivity contribution in [3.8, 4) is 0 Å². The maximum Gasteiger partial charge on any atom is 0.576 e. The average molecular weight is 926 g/mol. The number of rotatable bonds is 15. The number of quaternary nitrogens is 1. The molecule has 0 unspecified atom stereocenters. The van der Waals surface area contributed by atoms with Crippen LogP contribution in [0.5, 0.6) is 0 Å². The molecule has 0 atom stereocenters. The van der Waals surface area contributed by atoms with Crippen molar-refractivity contribution < 1.29 is 176 Å². The Morgan fingerprint density at radius 3 is 0.407 bits per heavy atom. The first-order valence-corrected chi connectivity index (χ1v) is 10.7. The summed E-state index contributed by atoms with van der Waals surface area (Å²) in [7, 11) is 0. The molecule has 328 valence electrons. The van der Waals surface area contributed by atoms with E-state index in [4.69, 9.17) is 0 Å². The van der Waals surface area contributed by atoms with E-state index in [1.165, 1.54) is 0 Å². The zero-order valence-corrected chi connectivity index (χ0v) is 23.2. The highest BCUT2D eigenvalue weighted by atomic mass is 35.5. The van der Waals surface area contributed by atoms with Crippen molar-refractivity contribution in [2.45, 2.75) is 95.1 Å². The lowest BCUT2D eigenvalue weighted by Gasteiger charge is -2.46. The Balaban J connectivity index is 0. The summed E-state index contributed by atoms with van der Waals surface area (Å²) in [6.45, 7) is 0. The van der Waals surface area contributed by atoms with Gasteiger partial charge in [0.25, 0.3) is 0 Å². The molecule has 0 aliphatic carbocycles. The molecule has 0 spiro atoms. The van der Waals surface area contributed by atoms with Crippen LogP contribution >= 0.6 is 0 Å². The molecule has 0 aromatic heterocycles. The van der Waals surface area contributed by atoms with Crippen LogP contribution in [0.25, 0.3) is 0 Å². The Labute approximate surface area is 272 Å². The maximum absolute atomic E-state index is 13.7. The van der Waals surface area contributed by atoms with E-state index in [9.17, 15) is 158 Å². The van der Waals surface area contributed by atoms with Gasteiger partial charge in [0.15, 0.2) is 0 Å². The van der Waals surface area contributed by atoms with E-state index in [2.05, 4.69) is 0 Å². The van der Waals surface area contributed by atoms with Gasteiger partial charge in [0, 0.05) is 0 Å². The van der Waals surface area contributed by atoms with Crippen LogP contribution in [0.3, 0.4) is 0 Å². The van der Waals surface area contributed by atoms with E-state index in [-0.39, 0.29) is 12.4 Å². The van der Waals surface area contributed by atoms with Gasteiger partial charge in [-0.3, -0.25) is 0 Å². The van der Waals surface area contributed by atoms with E-state index in [0.717, 1.165) is 0 Å². The quantitative estimate of drug-likeness (QED) is 0.0879. The third-order valence-electron chi connectivity index (χ3n) is 6.18. The van der Waals surface area contributed by atoms with Crippen molar-refractivity contribution in [3.63, 3.8) is 0 Å². The fraction of sp³-hybridized carbons (Fsp3) is 1.00. The van der Waals surface area contributed by atoms with Gasteiger partial charge in [0.1, 0.15) is 0 Å². The van der Waals surface area contributed by atoms with Crippen LogP contribution in [0.4, 0.5) is 158 Å². The molecule has 38 heteroatoms. The van der Waals surface area contributed by atoms with E-state index in [1.807, 2.05) is 0 Å². The number of hydrogen-bond donors (Lipinski definition) is 0. The lowest BCUT2D eigenvalue weighted by molar-refractivity contribution is -1.32. The second kappa shape index (κ2) is 12.6. The zero-order chi connectivity index (χ0) is 44.5. The Morgan fingerprint density at radius 2 is 0.296 bits per heavy atom. The van der Waals surface area contributed by atoms with E-state index in [0.29, 0.717) is 0 Å². The van der Waals surface area contributed by atoms with Crippen molar-refractivity contribution in [2.24, 2.45) is 0 Å².